The van der Waals surface area contributed by atoms with Crippen LogP contribution in [0.15, 0.2) is 30.6 Å². The lowest BCUT2D eigenvalue weighted by atomic mass is 9.91. The number of nitro groups is 1. The van der Waals surface area contributed by atoms with Gasteiger partial charge in [-0.15, -0.1) is 0 Å². The predicted molar refractivity (Wildman–Crippen MR) is 147 cm³/mol. The van der Waals surface area contributed by atoms with Gasteiger partial charge in [0.15, 0.2) is 11.6 Å². The zero-order chi connectivity index (χ0) is 29.2. The molecule has 0 saturated carbocycles. The molecule has 40 heavy (non-hydrogen) atoms. The van der Waals surface area contributed by atoms with Crippen molar-refractivity contribution in [1.82, 2.24) is 19.9 Å². The molecule has 2 atom stereocenters. The van der Waals surface area contributed by atoms with Crippen molar-refractivity contribution in [3.63, 3.8) is 0 Å². The number of benzene rings is 2. The number of hydrogen-bond donors (Lipinski definition) is 3. The van der Waals surface area contributed by atoms with Crippen molar-refractivity contribution in [2.45, 2.75) is 38.3 Å². The van der Waals surface area contributed by atoms with Gasteiger partial charge in [-0.05, 0) is 39.9 Å². The third-order valence-electron chi connectivity index (χ3n) is 6.92. The number of anilines is 5. The van der Waals surface area contributed by atoms with Crippen LogP contribution in [-0.2, 0) is 5.60 Å². The Bertz CT molecular complexity index is 1410. The summed E-state index contributed by atoms with van der Waals surface area (Å²) in [5, 5.41) is 28.5. The Morgan fingerprint density at radius 3 is 2.38 bits per heavy atom. The molecule has 1 unspecified atom stereocenters. The van der Waals surface area contributed by atoms with Crippen LogP contribution in [0, 0.1) is 21.7 Å². The van der Waals surface area contributed by atoms with E-state index in [9.17, 15) is 24.0 Å². The lowest BCUT2D eigenvalue weighted by Gasteiger charge is -2.43. The molecule has 1 aliphatic rings. The molecule has 2 heterocycles. The minimum Gasteiger partial charge on any atom is -0.494 e. The Labute approximate surface area is 230 Å². The number of ether oxygens (including phenoxy) is 1. The summed E-state index contributed by atoms with van der Waals surface area (Å²) >= 11 is 0. The van der Waals surface area contributed by atoms with Gasteiger partial charge in [0, 0.05) is 42.9 Å². The van der Waals surface area contributed by atoms with Gasteiger partial charge < -0.3 is 30.3 Å². The van der Waals surface area contributed by atoms with Crippen molar-refractivity contribution in [3.8, 4) is 5.75 Å². The lowest BCUT2D eigenvalue weighted by molar-refractivity contribution is -0.384. The van der Waals surface area contributed by atoms with E-state index in [0.717, 1.165) is 25.1 Å². The highest BCUT2D eigenvalue weighted by Crippen LogP contribution is 2.42. The lowest BCUT2D eigenvalue weighted by Crippen LogP contribution is -2.52. The SMILES string of the molecule is CCC(C)(O)c1cc(F)c(F)cc1Nc1ncnc(Nc2cc([N+](=O)[O-])c(N3CC[C@@H]3CN(C)C)cc2OC)n1. The third kappa shape index (κ3) is 6.02. The molecule has 14 heteroatoms. The van der Waals surface area contributed by atoms with Gasteiger partial charge in [-0.3, -0.25) is 10.1 Å². The summed E-state index contributed by atoms with van der Waals surface area (Å²) in [6.07, 6.45) is 2.33. The normalized spacial score (nSPS) is 16.3. The number of hydrogen-bond acceptors (Lipinski definition) is 11. The van der Waals surface area contributed by atoms with E-state index in [1.54, 1.807) is 13.0 Å². The highest BCUT2D eigenvalue weighted by Gasteiger charge is 2.34. The fourth-order valence-corrected chi connectivity index (χ4v) is 4.51. The number of nitrogens with one attached hydrogen (secondary N) is 2. The van der Waals surface area contributed by atoms with Crippen LogP contribution in [0.5, 0.6) is 5.75 Å². The first-order valence-electron chi connectivity index (χ1n) is 12.7. The molecule has 1 aromatic heterocycles. The maximum Gasteiger partial charge on any atom is 0.294 e. The van der Waals surface area contributed by atoms with E-state index in [4.69, 9.17) is 4.74 Å². The number of aliphatic hydroxyl groups is 1. The van der Waals surface area contributed by atoms with E-state index in [1.165, 1.54) is 26.4 Å². The van der Waals surface area contributed by atoms with Gasteiger partial charge in [0.05, 0.1) is 29.0 Å². The van der Waals surface area contributed by atoms with Crippen LogP contribution in [0.25, 0.3) is 0 Å². The molecule has 214 valence electrons. The smallest absolute Gasteiger partial charge is 0.294 e. The molecule has 1 saturated heterocycles. The number of nitro benzene ring substituents is 1. The highest BCUT2D eigenvalue weighted by molar-refractivity contribution is 5.77. The topological polar surface area (TPSA) is 142 Å². The van der Waals surface area contributed by atoms with E-state index >= 15 is 0 Å². The second-order valence-corrected chi connectivity index (χ2v) is 10.0. The van der Waals surface area contributed by atoms with Gasteiger partial charge in [0.25, 0.3) is 5.69 Å². The summed E-state index contributed by atoms with van der Waals surface area (Å²) in [4.78, 5) is 28.0. The second kappa shape index (κ2) is 11.5. The summed E-state index contributed by atoms with van der Waals surface area (Å²) in [7, 11) is 5.36. The van der Waals surface area contributed by atoms with Gasteiger partial charge in [-0.1, -0.05) is 6.92 Å². The molecule has 3 N–H and O–H groups in total. The largest absolute Gasteiger partial charge is 0.494 e. The second-order valence-electron chi connectivity index (χ2n) is 10.0. The quantitative estimate of drug-likeness (QED) is 0.229. The Morgan fingerprint density at radius 2 is 1.82 bits per heavy atom. The molecule has 0 amide bonds. The average Bonchev–Trinajstić information content (AvgIpc) is 2.89. The molecule has 1 aliphatic heterocycles. The Morgan fingerprint density at radius 1 is 1.18 bits per heavy atom. The Kier molecular flexibility index (Phi) is 8.30. The van der Waals surface area contributed by atoms with Crippen molar-refractivity contribution in [1.29, 1.82) is 0 Å². The fourth-order valence-electron chi connectivity index (χ4n) is 4.51. The summed E-state index contributed by atoms with van der Waals surface area (Å²) in [6.45, 7) is 4.64. The molecule has 0 aliphatic carbocycles. The molecule has 3 aromatic rings. The molecule has 4 rings (SSSR count). The minimum absolute atomic E-state index is 0.0127. The summed E-state index contributed by atoms with van der Waals surface area (Å²) in [5.74, 6) is -1.89. The predicted octanol–water partition coefficient (Wildman–Crippen LogP) is 4.31. The number of methoxy groups -OCH3 is 1. The van der Waals surface area contributed by atoms with Crippen LogP contribution >= 0.6 is 0 Å². The van der Waals surface area contributed by atoms with Crippen LogP contribution < -0.4 is 20.3 Å². The van der Waals surface area contributed by atoms with Crippen LogP contribution in [0.3, 0.4) is 0 Å². The van der Waals surface area contributed by atoms with Crippen molar-refractivity contribution < 1.29 is 23.5 Å². The Balaban J connectivity index is 1.65. The molecule has 1 fully saturated rings. The standard InChI is InChI=1S/C26H32F2N8O4/c1-6-26(2,37)16-9-17(27)18(28)10-19(16)31-24-29-14-30-25(33-24)32-20-11-22(36(38)39)21(12-23(20)40-5)35-8-7-15(35)13-34(3)4/h9-12,14-15,37H,6-8,13H2,1-5H3,(H2,29,30,31,32,33)/t15-,26?/m1/s1. The van der Waals surface area contributed by atoms with Crippen LogP contribution in [0.1, 0.15) is 32.3 Å². The zero-order valence-electron chi connectivity index (χ0n) is 22.9. The molecule has 12 nitrogen and oxygen atoms in total. The van der Waals surface area contributed by atoms with Crippen LogP contribution in [0.2, 0.25) is 0 Å². The van der Waals surface area contributed by atoms with Gasteiger partial charge >= 0.3 is 0 Å². The highest BCUT2D eigenvalue weighted by atomic mass is 19.2. The summed E-state index contributed by atoms with van der Waals surface area (Å²) < 4.78 is 33.6. The first-order chi connectivity index (χ1) is 18.9. The number of halogens is 2. The maximum atomic E-state index is 14.1. The van der Waals surface area contributed by atoms with E-state index in [-0.39, 0.29) is 47.0 Å². The van der Waals surface area contributed by atoms with Crippen LogP contribution in [-0.4, -0.2) is 70.2 Å². The summed E-state index contributed by atoms with van der Waals surface area (Å²) in [6, 6.07) is 4.96. The molecular weight excluding hydrogens is 526 g/mol. The number of likely N-dealkylation sites (N-methyl/N-ethyl adjacent to an activating group) is 1. The van der Waals surface area contributed by atoms with Gasteiger partial charge in [0.2, 0.25) is 11.9 Å². The number of aromatic nitrogens is 3. The first kappa shape index (κ1) is 28.8. The van der Waals surface area contributed by atoms with Crippen molar-refractivity contribution in [3.05, 3.63) is 57.9 Å². The molecule has 0 spiro atoms. The van der Waals surface area contributed by atoms with E-state index < -0.39 is 22.2 Å². The van der Waals surface area contributed by atoms with Crippen molar-refractivity contribution >= 4 is 34.6 Å². The van der Waals surface area contributed by atoms with E-state index in [2.05, 4.69) is 25.6 Å². The van der Waals surface area contributed by atoms with Gasteiger partial charge in [-0.2, -0.15) is 4.98 Å². The Hall–Kier alpha value is -4.17. The molecule has 0 radical (unpaired) electrons. The van der Waals surface area contributed by atoms with Crippen molar-refractivity contribution in [2.75, 3.05) is 49.8 Å². The molecular formula is C26H32F2N8O4. The molecule has 0 bridgehead atoms. The fraction of sp³-hybridized carbons (Fsp3) is 0.423. The maximum absolute atomic E-state index is 14.1. The van der Waals surface area contributed by atoms with Crippen LogP contribution in [0.4, 0.5) is 43.4 Å². The average molecular weight is 559 g/mol. The number of nitrogens with zero attached hydrogens (tertiary/aromatic N) is 6. The third-order valence-corrected chi connectivity index (χ3v) is 6.92. The first-order valence-corrected chi connectivity index (χ1v) is 12.7. The minimum atomic E-state index is -1.46. The van der Waals surface area contributed by atoms with Gasteiger partial charge in [-0.25, -0.2) is 18.7 Å². The zero-order valence-corrected chi connectivity index (χ0v) is 22.9. The molecule has 2 aromatic carbocycles. The van der Waals surface area contributed by atoms with Crippen molar-refractivity contribution in [2.24, 2.45) is 0 Å². The summed E-state index contributed by atoms with van der Waals surface area (Å²) in [5.41, 5.74) is -0.661. The van der Waals surface area contributed by atoms with E-state index in [0.29, 0.717) is 18.0 Å². The van der Waals surface area contributed by atoms with Gasteiger partial charge in [0.1, 0.15) is 17.8 Å². The van der Waals surface area contributed by atoms with E-state index in [1.807, 2.05) is 23.9 Å². The number of rotatable bonds is 11. The monoisotopic (exact) mass is 558 g/mol.